The highest BCUT2D eigenvalue weighted by Crippen LogP contribution is 2.33. The van der Waals surface area contributed by atoms with Gasteiger partial charge in [-0.25, -0.2) is 0 Å². The van der Waals surface area contributed by atoms with Crippen LogP contribution in [0.3, 0.4) is 0 Å². The lowest BCUT2D eigenvalue weighted by Crippen LogP contribution is -2.44. The highest BCUT2D eigenvalue weighted by Gasteiger charge is 2.35. The van der Waals surface area contributed by atoms with Gasteiger partial charge in [0, 0.05) is 12.1 Å². The SMILES string of the molecule is OC[C@H](NC1CCCC1C1CCCN1)c1ccccc1. The van der Waals surface area contributed by atoms with Gasteiger partial charge in [-0.05, 0) is 43.7 Å². The fourth-order valence-corrected chi connectivity index (χ4v) is 3.95. The number of hydrogen-bond donors (Lipinski definition) is 3. The lowest BCUT2D eigenvalue weighted by molar-refractivity contribution is 0.213. The zero-order chi connectivity index (χ0) is 13.8. The van der Waals surface area contributed by atoms with Gasteiger partial charge in [0.2, 0.25) is 0 Å². The van der Waals surface area contributed by atoms with Crippen molar-refractivity contribution in [2.45, 2.75) is 50.2 Å². The molecular weight excluding hydrogens is 248 g/mol. The second-order valence-electron chi connectivity index (χ2n) is 6.22. The maximum atomic E-state index is 9.71. The molecular formula is C17H26N2O. The monoisotopic (exact) mass is 274 g/mol. The Morgan fingerprint density at radius 3 is 2.70 bits per heavy atom. The molecule has 20 heavy (non-hydrogen) atoms. The molecule has 0 radical (unpaired) electrons. The molecule has 0 aromatic heterocycles. The number of hydrogen-bond acceptors (Lipinski definition) is 3. The van der Waals surface area contributed by atoms with E-state index in [-0.39, 0.29) is 12.6 Å². The van der Waals surface area contributed by atoms with Crippen LogP contribution in [0.4, 0.5) is 0 Å². The Morgan fingerprint density at radius 1 is 1.15 bits per heavy atom. The smallest absolute Gasteiger partial charge is 0.0626 e. The minimum atomic E-state index is 0.0724. The van der Waals surface area contributed by atoms with E-state index in [2.05, 4.69) is 22.8 Å². The lowest BCUT2D eigenvalue weighted by atomic mass is 9.92. The molecule has 3 heteroatoms. The number of aliphatic hydroxyl groups is 1. The highest BCUT2D eigenvalue weighted by atomic mass is 16.3. The van der Waals surface area contributed by atoms with Crippen LogP contribution in [0.5, 0.6) is 0 Å². The fourth-order valence-electron chi connectivity index (χ4n) is 3.95. The van der Waals surface area contributed by atoms with E-state index in [4.69, 9.17) is 0 Å². The first kappa shape index (κ1) is 14.1. The minimum absolute atomic E-state index is 0.0724. The molecule has 0 bridgehead atoms. The normalized spacial score (nSPS) is 31.6. The van der Waals surface area contributed by atoms with E-state index in [0.717, 1.165) is 5.92 Å². The van der Waals surface area contributed by atoms with Crippen molar-refractivity contribution in [2.24, 2.45) is 5.92 Å². The topological polar surface area (TPSA) is 44.3 Å². The third-order valence-electron chi connectivity index (χ3n) is 4.98. The van der Waals surface area contributed by atoms with Crippen LogP contribution in [0.1, 0.15) is 43.7 Å². The maximum Gasteiger partial charge on any atom is 0.0626 e. The number of rotatable bonds is 5. The van der Waals surface area contributed by atoms with Crippen LogP contribution >= 0.6 is 0 Å². The van der Waals surface area contributed by atoms with Crippen LogP contribution in [0.25, 0.3) is 0 Å². The van der Waals surface area contributed by atoms with Gasteiger partial charge < -0.3 is 15.7 Å². The molecule has 1 aromatic rings. The van der Waals surface area contributed by atoms with Crippen molar-refractivity contribution >= 4 is 0 Å². The molecule has 3 rings (SSSR count). The molecule has 3 N–H and O–H groups in total. The van der Waals surface area contributed by atoms with Gasteiger partial charge in [-0.15, -0.1) is 0 Å². The Morgan fingerprint density at radius 2 is 2.00 bits per heavy atom. The summed E-state index contributed by atoms with van der Waals surface area (Å²) >= 11 is 0. The van der Waals surface area contributed by atoms with Gasteiger partial charge in [0.15, 0.2) is 0 Å². The molecule has 110 valence electrons. The Hall–Kier alpha value is -0.900. The van der Waals surface area contributed by atoms with E-state index in [1.807, 2.05) is 18.2 Å². The predicted octanol–water partition coefficient (Wildman–Crippen LogP) is 2.23. The summed E-state index contributed by atoms with van der Waals surface area (Å²) in [5, 5.41) is 17.1. The average molecular weight is 274 g/mol. The van der Waals surface area contributed by atoms with Crippen LogP contribution in [0, 0.1) is 5.92 Å². The van der Waals surface area contributed by atoms with E-state index in [9.17, 15) is 5.11 Å². The third-order valence-corrected chi connectivity index (χ3v) is 4.98. The summed E-state index contributed by atoms with van der Waals surface area (Å²) in [6.45, 7) is 1.35. The highest BCUT2D eigenvalue weighted by molar-refractivity contribution is 5.19. The molecule has 0 amide bonds. The van der Waals surface area contributed by atoms with Crippen molar-refractivity contribution in [1.29, 1.82) is 0 Å². The number of benzene rings is 1. The van der Waals surface area contributed by atoms with Crippen LogP contribution in [-0.2, 0) is 0 Å². The van der Waals surface area contributed by atoms with Crippen molar-refractivity contribution in [1.82, 2.24) is 10.6 Å². The molecule has 3 nitrogen and oxygen atoms in total. The van der Waals surface area contributed by atoms with Crippen LogP contribution < -0.4 is 10.6 Å². The first-order chi connectivity index (χ1) is 9.88. The third kappa shape index (κ3) is 3.05. The largest absolute Gasteiger partial charge is 0.394 e. The van der Waals surface area contributed by atoms with Crippen molar-refractivity contribution < 1.29 is 5.11 Å². The second-order valence-corrected chi connectivity index (χ2v) is 6.22. The van der Waals surface area contributed by atoms with Crippen LogP contribution in [0.15, 0.2) is 30.3 Å². The zero-order valence-corrected chi connectivity index (χ0v) is 12.1. The summed E-state index contributed by atoms with van der Waals surface area (Å²) in [4.78, 5) is 0. The quantitative estimate of drug-likeness (QED) is 0.771. The average Bonchev–Trinajstić information content (AvgIpc) is 3.16. The molecule has 2 aliphatic rings. The Bertz CT molecular complexity index is 403. The molecule has 2 fully saturated rings. The second kappa shape index (κ2) is 6.70. The fraction of sp³-hybridized carbons (Fsp3) is 0.647. The van der Waals surface area contributed by atoms with E-state index in [1.165, 1.54) is 44.2 Å². The first-order valence-corrected chi connectivity index (χ1v) is 8.03. The first-order valence-electron chi connectivity index (χ1n) is 8.03. The number of nitrogens with one attached hydrogen (secondary N) is 2. The maximum absolute atomic E-state index is 9.71. The van der Waals surface area contributed by atoms with E-state index in [0.29, 0.717) is 12.1 Å². The van der Waals surface area contributed by atoms with Gasteiger partial charge >= 0.3 is 0 Å². The Labute approximate surface area is 121 Å². The van der Waals surface area contributed by atoms with Crippen molar-refractivity contribution in [3.05, 3.63) is 35.9 Å². The van der Waals surface area contributed by atoms with Crippen molar-refractivity contribution in [3.8, 4) is 0 Å². The summed E-state index contributed by atoms with van der Waals surface area (Å²) in [6, 6.07) is 11.6. The van der Waals surface area contributed by atoms with Gasteiger partial charge in [0.25, 0.3) is 0 Å². The molecule has 1 saturated carbocycles. The molecule has 4 atom stereocenters. The van der Waals surface area contributed by atoms with Crippen LogP contribution in [0.2, 0.25) is 0 Å². The predicted molar refractivity (Wildman–Crippen MR) is 81.6 cm³/mol. The minimum Gasteiger partial charge on any atom is -0.394 e. The summed E-state index contributed by atoms with van der Waals surface area (Å²) in [6.07, 6.45) is 6.51. The van der Waals surface area contributed by atoms with Gasteiger partial charge in [-0.2, -0.15) is 0 Å². The molecule has 1 aliphatic heterocycles. The lowest BCUT2D eigenvalue weighted by Gasteiger charge is -2.30. The van der Waals surface area contributed by atoms with E-state index < -0.39 is 0 Å². The summed E-state index contributed by atoms with van der Waals surface area (Å²) in [5.74, 6) is 0.732. The molecule has 0 spiro atoms. The number of aliphatic hydroxyl groups excluding tert-OH is 1. The molecule has 3 unspecified atom stereocenters. The molecule has 1 heterocycles. The Kier molecular flexibility index (Phi) is 4.71. The standard InChI is InChI=1S/C17H26N2O/c20-12-17(13-6-2-1-3-7-13)19-16-9-4-8-14(16)15-10-5-11-18-15/h1-3,6-7,14-20H,4-5,8-12H2/t14?,15?,16?,17-/m0/s1. The van der Waals surface area contributed by atoms with Gasteiger partial charge in [-0.3, -0.25) is 0 Å². The Balaban J connectivity index is 1.65. The summed E-state index contributed by atoms with van der Waals surface area (Å²) in [7, 11) is 0. The summed E-state index contributed by atoms with van der Waals surface area (Å²) < 4.78 is 0. The molecule has 1 saturated heterocycles. The van der Waals surface area contributed by atoms with Crippen molar-refractivity contribution in [2.75, 3.05) is 13.2 Å². The van der Waals surface area contributed by atoms with Gasteiger partial charge in [0.05, 0.1) is 12.6 Å². The van der Waals surface area contributed by atoms with Gasteiger partial charge in [-0.1, -0.05) is 36.8 Å². The molecule has 1 aliphatic carbocycles. The summed E-state index contributed by atoms with van der Waals surface area (Å²) in [5.41, 5.74) is 1.19. The van der Waals surface area contributed by atoms with Crippen molar-refractivity contribution in [3.63, 3.8) is 0 Å². The van der Waals surface area contributed by atoms with E-state index >= 15 is 0 Å². The van der Waals surface area contributed by atoms with Gasteiger partial charge in [0.1, 0.15) is 0 Å². The van der Waals surface area contributed by atoms with E-state index in [1.54, 1.807) is 0 Å². The zero-order valence-electron chi connectivity index (χ0n) is 12.1. The van der Waals surface area contributed by atoms with Crippen LogP contribution in [-0.4, -0.2) is 30.3 Å². The molecule has 1 aromatic carbocycles.